The third kappa shape index (κ3) is 8.35. The molecular weight excluding hydrogens is 589 g/mol. The zero-order valence-electron chi connectivity index (χ0n) is 29.3. The van der Waals surface area contributed by atoms with Crippen molar-refractivity contribution in [2.24, 2.45) is 23.2 Å². The van der Waals surface area contributed by atoms with Crippen molar-refractivity contribution in [2.75, 3.05) is 19.7 Å². The van der Waals surface area contributed by atoms with Crippen molar-refractivity contribution in [1.29, 1.82) is 0 Å². The van der Waals surface area contributed by atoms with Crippen molar-refractivity contribution < 1.29 is 24.1 Å². The third-order valence-electron chi connectivity index (χ3n) is 12.0. The number of rotatable bonds is 17. The number of carbonyl (C=O) groups excluding carboxylic acids is 1. The van der Waals surface area contributed by atoms with Crippen LogP contribution in [-0.2, 0) is 6.42 Å². The lowest BCUT2D eigenvalue weighted by Crippen LogP contribution is -2.51. The summed E-state index contributed by atoms with van der Waals surface area (Å²) in [5.41, 5.74) is 2.57. The summed E-state index contributed by atoms with van der Waals surface area (Å²) in [7, 11) is 0. The first-order chi connectivity index (χ1) is 22.8. The van der Waals surface area contributed by atoms with Crippen molar-refractivity contribution in [2.45, 2.75) is 135 Å². The number of hydrogen-bond acceptors (Lipinski definition) is 4. The van der Waals surface area contributed by atoms with Gasteiger partial charge in [-0.25, -0.2) is 4.39 Å². The first kappa shape index (κ1) is 35.7. The van der Waals surface area contributed by atoms with Crippen LogP contribution < -0.4 is 4.74 Å². The molecule has 2 aromatic rings. The number of phenols is 1. The highest BCUT2D eigenvalue weighted by Crippen LogP contribution is 2.63. The Balaban J connectivity index is 1.17. The number of aliphatic hydroxyl groups excluding tert-OH is 1. The van der Waals surface area contributed by atoms with Crippen LogP contribution in [0.15, 0.2) is 42.5 Å². The fraction of sp³-hybridized carbons (Fsp3) is 0.683. The molecule has 0 aromatic heterocycles. The van der Waals surface area contributed by atoms with Crippen molar-refractivity contribution >= 4 is 5.91 Å². The summed E-state index contributed by atoms with van der Waals surface area (Å²) in [5, 5.41) is 21.2. The van der Waals surface area contributed by atoms with Crippen LogP contribution >= 0.6 is 0 Å². The van der Waals surface area contributed by atoms with Crippen LogP contribution in [0.25, 0.3) is 0 Å². The van der Waals surface area contributed by atoms with E-state index in [4.69, 9.17) is 4.74 Å². The molecule has 5 rings (SSSR count). The van der Waals surface area contributed by atoms with Gasteiger partial charge in [0.15, 0.2) is 0 Å². The van der Waals surface area contributed by atoms with Crippen LogP contribution in [0, 0.1) is 23.2 Å². The Morgan fingerprint density at radius 1 is 0.936 bits per heavy atom. The van der Waals surface area contributed by atoms with Crippen LogP contribution in [0.2, 0.25) is 0 Å². The molecule has 2 fully saturated rings. The Labute approximate surface area is 283 Å². The lowest BCUT2D eigenvalue weighted by Gasteiger charge is -2.54. The van der Waals surface area contributed by atoms with Gasteiger partial charge in [-0.2, -0.15) is 0 Å². The van der Waals surface area contributed by atoms with E-state index < -0.39 is 12.3 Å². The predicted molar refractivity (Wildman–Crippen MR) is 188 cm³/mol. The number of fused-ring (bicyclic) bond motifs is 5. The van der Waals surface area contributed by atoms with E-state index in [-0.39, 0.29) is 28.9 Å². The standard InChI is InChI=1S/C41H60FNO4/c1-4-6-7-8-10-13-24-43(40(46)29-16-19-33(20-17-29)47-5-2)25-14-11-9-12-15-30-26-31-27-32(44)18-21-34(31)39-36(42)28-41(3)35(38(30)39)22-23-37(41)45/h16-21,27,30,35-39,44-45H,4-15,22-26,28H2,1-3H3/t30-,35?,36+,37+,38?,39?,41+/m1/s1. The molecule has 2 N–H and O–H groups in total. The molecule has 6 heteroatoms. The average Bonchev–Trinajstić information content (AvgIpc) is 3.35. The number of unbranched alkanes of at least 4 members (excludes halogenated alkanes) is 8. The van der Waals surface area contributed by atoms with Crippen molar-refractivity contribution in [3.63, 3.8) is 0 Å². The minimum absolute atomic E-state index is 0.108. The van der Waals surface area contributed by atoms with Crippen molar-refractivity contribution in [3.8, 4) is 11.5 Å². The van der Waals surface area contributed by atoms with Gasteiger partial charge in [0, 0.05) is 24.6 Å². The molecule has 47 heavy (non-hydrogen) atoms. The summed E-state index contributed by atoms with van der Waals surface area (Å²) in [6.45, 7) is 8.50. The van der Waals surface area contributed by atoms with E-state index in [0.29, 0.717) is 24.9 Å². The van der Waals surface area contributed by atoms with E-state index in [1.165, 1.54) is 25.7 Å². The Morgan fingerprint density at radius 2 is 1.62 bits per heavy atom. The summed E-state index contributed by atoms with van der Waals surface area (Å²) >= 11 is 0. The van der Waals surface area contributed by atoms with Gasteiger partial charge in [-0.3, -0.25) is 4.79 Å². The van der Waals surface area contributed by atoms with E-state index in [1.807, 2.05) is 43.3 Å². The number of aromatic hydroxyl groups is 1. The lowest BCUT2D eigenvalue weighted by atomic mass is 9.51. The summed E-state index contributed by atoms with van der Waals surface area (Å²) < 4.78 is 21.7. The van der Waals surface area contributed by atoms with Gasteiger partial charge in [0.2, 0.25) is 0 Å². The SMILES string of the molecule is CCCCCCCCN(CCCCCC[C@@H]1Cc2cc(O)ccc2C2C1C1CC[C@H](O)[C@@]1(C)C[C@@H]2F)C(=O)c1ccc(OCC)cc1. The van der Waals surface area contributed by atoms with Gasteiger partial charge >= 0.3 is 0 Å². The van der Waals surface area contributed by atoms with Gasteiger partial charge in [0.05, 0.1) is 12.7 Å². The highest BCUT2D eigenvalue weighted by molar-refractivity contribution is 5.94. The number of halogens is 1. The maximum absolute atomic E-state index is 16.1. The number of hydrogen-bond donors (Lipinski definition) is 2. The zero-order chi connectivity index (χ0) is 33.4. The van der Waals surface area contributed by atoms with Crippen LogP contribution in [0.1, 0.15) is 138 Å². The normalized spacial score (nSPS) is 27.9. The number of alkyl halides is 1. The highest BCUT2D eigenvalue weighted by atomic mass is 19.1. The molecule has 260 valence electrons. The van der Waals surface area contributed by atoms with Crippen LogP contribution in [0.5, 0.6) is 11.5 Å². The molecular formula is C41H60FNO4. The van der Waals surface area contributed by atoms with Gasteiger partial charge in [-0.05, 0) is 123 Å². The quantitative estimate of drug-likeness (QED) is 0.168. The molecule has 5 nitrogen and oxygen atoms in total. The van der Waals surface area contributed by atoms with Crippen LogP contribution in [-0.4, -0.2) is 53.0 Å². The van der Waals surface area contributed by atoms with Gasteiger partial charge < -0.3 is 19.8 Å². The second-order valence-electron chi connectivity index (χ2n) is 15.1. The molecule has 3 unspecified atom stereocenters. The molecule has 2 saturated carbocycles. The minimum Gasteiger partial charge on any atom is -0.508 e. The Kier molecular flexibility index (Phi) is 12.7. The highest BCUT2D eigenvalue weighted by Gasteiger charge is 2.59. The lowest BCUT2D eigenvalue weighted by molar-refractivity contribution is -0.0722. The molecule has 0 heterocycles. The van der Waals surface area contributed by atoms with E-state index >= 15 is 4.39 Å². The summed E-state index contributed by atoms with van der Waals surface area (Å²) in [6, 6.07) is 13.1. The van der Waals surface area contributed by atoms with Crippen LogP contribution in [0.3, 0.4) is 0 Å². The third-order valence-corrected chi connectivity index (χ3v) is 12.0. The summed E-state index contributed by atoms with van der Waals surface area (Å²) in [4.78, 5) is 15.6. The number of amides is 1. The molecule has 0 bridgehead atoms. The largest absolute Gasteiger partial charge is 0.508 e. The van der Waals surface area contributed by atoms with E-state index in [1.54, 1.807) is 6.07 Å². The zero-order valence-corrected chi connectivity index (χ0v) is 29.3. The molecule has 7 atom stereocenters. The number of phenolic OH excluding ortho intramolecular Hbond substituents is 1. The van der Waals surface area contributed by atoms with E-state index in [9.17, 15) is 15.0 Å². The smallest absolute Gasteiger partial charge is 0.253 e. The van der Waals surface area contributed by atoms with E-state index in [0.717, 1.165) is 99.7 Å². The Bertz CT molecular complexity index is 1280. The summed E-state index contributed by atoms with van der Waals surface area (Å²) in [5.74, 6) is 1.95. The molecule has 2 aromatic carbocycles. The van der Waals surface area contributed by atoms with Gasteiger partial charge in [0.25, 0.3) is 5.91 Å². The number of aliphatic hydroxyl groups is 1. The van der Waals surface area contributed by atoms with E-state index in [2.05, 4.69) is 18.7 Å². The van der Waals surface area contributed by atoms with Crippen molar-refractivity contribution in [1.82, 2.24) is 4.90 Å². The Morgan fingerprint density at radius 3 is 2.32 bits per heavy atom. The number of nitrogens with zero attached hydrogens (tertiary/aromatic N) is 1. The first-order valence-corrected chi connectivity index (χ1v) is 18.9. The predicted octanol–water partition coefficient (Wildman–Crippen LogP) is 9.64. The fourth-order valence-electron chi connectivity index (χ4n) is 9.54. The van der Waals surface area contributed by atoms with Gasteiger partial charge in [-0.1, -0.05) is 71.3 Å². The Hall–Kier alpha value is -2.60. The number of ether oxygens (including phenoxy) is 1. The summed E-state index contributed by atoms with van der Waals surface area (Å²) in [6.07, 6.45) is 14.1. The second-order valence-corrected chi connectivity index (χ2v) is 15.1. The molecule has 3 aliphatic rings. The molecule has 0 saturated heterocycles. The number of benzene rings is 2. The first-order valence-electron chi connectivity index (χ1n) is 18.9. The topological polar surface area (TPSA) is 70.0 Å². The maximum atomic E-state index is 16.1. The fourth-order valence-corrected chi connectivity index (χ4v) is 9.54. The average molecular weight is 650 g/mol. The molecule has 0 aliphatic heterocycles. The van der Waals surface area contributed by atoms with Gasteiger partial charge in [0.1, 0.15) is 17.7 Å². The number of carbonyl (C=O) groups is 1. The monoisotopic (exact) mass is 649 g/mol. The molecule has 1 amide bonds. The van der Waals surface area contributed by atoms with Crippen molar-refractivity contribution in [3.05, 3.63) is 59.2 Å². The van der Waals surface area contributed by atoms with Crippen LogP contribution in [0.4, 0.5) is 4.39 Å². The molecule has 3 aliphatic carbocycles. The van der Waals surface area contributed by atoms with Gasteiger partial charge in [-0.15, -0.1) is 0 Å². The second kappa shape index (κ2) is 16.7. The minimum atomic E-state index is -0.967. The molecule has 0 spiro atoms. The molecule has 0 radical (unpaired) electrons. The maximum Gasteiger partial charge on any atom is 0.253 e.